The Kier molecular flexibility index (Phi) is 17.0. The first kappa shape index (κ1) is 58.1. The fraction of sp³-hybridized carbons (Fsp3) is 0.400. The summed E-state index contributed by atoms with van der Waals surface area (Å²) in [6, 6.07) is 15.4. The zero-order valence-electron chi connectivity index (χ0n) is 45.5. The normalized spacial score (nSPS) is 11.6. The van der Waals surface area contributed by atoms with E-state index >= 15 is 0 Å². The van der Waals surface area contributed by atoms with Crippen molar-refractivity contribution in [3.63, 3.8) is 0 Å². The first-order chi connectivity index (χ1) is 33.8. The Morgan fingerprint density at radius 3 is 1.42 bits per heavy atom. The van der Waals surface area contributed by atoms with Crippen molar-refractivity contribution in [3.8, 4) is 45.8 Å². The summed E-state index contributed by atoms with van der Waals surface area (Å²) in [7, 11) is 4.44. The smallest absolute Gasteiger partial charge is 0.298 e. The van der Waals surface area contributed by atoms with Crippen molar-refractivity contribution in [2.75, 3.05) is 28.4 Å². The SMILES string of the molecule is C.C.COc1c(C)c(C)cc2c(-c3cc4cc(C)c(C)c(OC)c4c(C)[n+]3[O-])[n+]([O-])c(CO)cc12.COc1c(C)c(C)cc2c(-c3cc4cc(C)c(C)c(OC)c4c(C)n3)[n+]([O-])c(CO[Si](C)(C)C(C)(C)C)cc12. The Balaban J connectivity index is 0.000000270. The second-order valence-corrected chi connectivity index (χ2v) is 25.5. The molecule has 396 valence electrons. The highest BCUT2D eigenvalue weighted by Crippen LogP contribution is 2.42. The highest BCUT2D eigenvalue weighted by molar-refractivity contribution is 6.74. The van der Waals surface area contributed by atoms with E-state index in [0.717, 1.165) is 98.1 Å². The maximum absolute atomic E-state index is 14.2. The monoisotopic (exact) mass is 1030 g/mol. The van der Waals surface area contributed by atoms with Gasteiger partial charge in [-0.2, -0.15) is 14.2 Å². The van der Waals surface area contributed by atoms with Crippen molar-refractivity contribution < 1.29 is 42.7 Å². The van der Waals surface area contributed by atoms with Gasteiger partial charge in [0.05, 0.1) is 44.6 Å². The van der Waals surface area contributed by atoms with E-state index in [2.05, 4.69) is 59.8 Å². The number of pyridine rings is 4. The van der Waals surface area contributed by atoms with Gasteiger partial charge in [0.25, 0.3) is 17.1 Å². The van der Waals surface area contributed by atoms with Crippen molar-refractivity contribution >= 4 is 51.4 Å². The molecule has 0 saturated heterocycles. The lowest BCUT2D eigenvalue weighted by Gasteiger charge is -2.35. The predicted molar refractivity (Wildman–Crippen MR) is 303 cm³/mol. The van der Waals surface area contributed by atoms with Gasteiger partial charge in [-0.05, 0) is 154 Å². The number of aromatic nitrogens is 4. The lowest BCUT2D eigenvalue weighted by atomic mass is 9.96. The fourth-order valence-corrected chi connectivity index (χ4v) is 10.6. The molecule has 74 heavy (non-hydrogen) atoms. The van der Waals surface area contributed by atoms with E-state index in [-0.39, 0.29) is 43.6 Å². The van der Waals surface area contributed by atoms with E-state index in [4.69, 9.17) is 28.4 Å². The third-order valence-corrected chi connectivity index (χ3v) is 19.8. The van der Waals surface area contributed by atoms with Crippen LogP contribution in [-0.2, 0) is 17.6 Å². The standard InChI is InChI=1S/C32H42N2O4Si.C26H28N2O5.2CH4/c1-18-13-23-15-27(33-22(5)28(23)31(37-10)21(18)4)29-25-14-19(2)20(3)30(36-9)26(25)16-24(34(29)35)17-38-39(11,12)32(6,7)8;1-13-8-18-10-22(27(30)17(5)23(18)26(33-7)16(13)4)24-20-9-14(2)15(3)25(32-6)21(20)11-19(12-29)28(24)31;;/h13-16H,17H2,1-12H3;8-11,29H,12H2,1-7H3;2*1H4. The molecule has 8 aromatic rings. The highest BCUT2D eigenvalue weighted by atomic mass is 28.4. The number of nitrogens with zero attached hydrogens (tertiary/aromatic N) is 4. The molecule has 0 bridgehead atoms. The topological polar surface area (TPSA) is 160 Å². The second-order valence-electron chi connectivity index (χ2n) is 20.7. The van der Waals surface area contributed by atoms with Crippen LogP contribution in [-0.4, -0.2) is 46.8 Å². The molecular formula is C60H78N4O9Si. The molecule has 0 amide bonds. The highest BCUT2D eigenvalue weighted by Gasteiger charge is 2.38. The predicted octanol–water partition coefficient (Wildman–Crippen LogP) is 13.0. The zero-order chi connectivity index (χ0) is 53.2. The summed E-state index contributed by atoms with van der Waals surface area (Å²) in [5, 5.41) is 57.5. The molecule has 0 spiro atoms. The largest absolute Gasteiger partial charge is 0.618 e. The molecule has 0 atom stereocenters. The Bertz CT molecular complexity index is 3510. The molecule has 13 nitrogen and oxygen atoms in total. The number of aliphatic hydroxyl groups excluding tert-OH is 1. The Morgan fingerprint density at radius 1 is 0.527 bits per heavy atom. The third-order valence-electron chi connectivity index (χ3n) is 15.3. The van der Waals surface area contributed by atoms with Crippen LogP contribution in [0.1, 0.15) is 103 Å². The molecule has 0 aliphatic heterocycles. The van der Waals surface area contributed by atoms with Crippen LogP contribution in [0.5, 0.6) is 23.0 Å². The Labute approximate surface area is 439 Å². The van der Waals surface area contributed by atoms with Gasteiger partial charge >= 0.3 is 0 Å². The molecule has 4 aromatic heterocycles. The van der Waals surface area contributed by atoms with Crippen LogP contribution in [0.4, 0.5) is 0 Å². The van der Waals surface area contributed by atoms with Crippen LogP contribution in [0.15, 0.2) is 48.5 Å². The molecule has 0 radical (unpaired) electrons. The fourth-order valence-electron chi connectivity index (χ4n) is 9.64. The average molecular weight is 1030 g/mol. The summed E-state index contributed by atoms with van der Waals surface area (Å²) in [6.45, 7) is 30.5. The zero-order valence-corrected chi connectivity index (χ0v) is 46.5. The maximum Gasteiger partial charge on any atom is 0.298 e. The van der Waals surface area contributed by atoms with Crippen LogP contribution < -0.4 is 33.1 Å². The van der Waals surface area contributed by atoms with Gasteiger partial charge in [-0.1, -0.05) is 47.8 Å². The van der Waals surface area contributed by atoms with E-state index in [0.29, 0.717) is 55.2 Å². The van der Waals surface area contributed by atoms with Gasteiger partial charge in [0, 0.05) is 47.0 Å². The summed E-state index contributed by atoms with van der Waals surface area (Å²) in [4.78, 5) is 4.98. The number of aliphatic hydroxyl groups is 1. The van der Waals surface area contributed by atoms with Gasteiger partial charge in [0.1, 0.15) is 41.9 Å². The number of aryl methyl sites for hydroxylation is 6. The van der Waals surface area contributed by atoms with E-state index < -0.39 is 14.9 Å². The van der Waals surface area contributed by atoms with Crippen LogP contribution in [0.2, 0.25) is 18.1 Å². The van der Waals surface area contributed by atoms with Crippen molar-refractivity contribution in [2.45, 2.75) is 136 Å². The van der Waals surface area contributed by atoms with Crippen molar-refractivity contribution in [3.05, 3.63) is 131 Å². The van der Waals surface area contributed by atoms with Crippen LogP contribution in [0.3, 0.4) is 0 Å². The van der Waals surface area contributed by atoms with Crippen molar-refractivity contribution in [1.82, 2.24) is 4.98 Å². The minimum Gasteiger partial charge on any atom is -0.618 e. The van der Waals surface area contributed by atoms with E-state index in [1.165, 1.54) is 0 Å². The third kappa shape index (κ3) is 9.75. The molecule has 4 aromatic carbocycles. The number of benzene rings is 4. The van der Waals surface area contributed by atoms with Crippen molar-refractivity contribution in [1.29, 1.82) is 0 Å². The van der Waals surface area contributed by atoms with Crippen LogP contribution in [0, 0.1) is 84.9 Å². The Morgan fingerprint density at radius 2 is 0.946 bits per heavy atom. The first-order valence-corrected chi connectivity index (χ1v) is 27.1. The maximum atomic E-state index is 14.2. The van der Waals surface area contributed by atoms with E-state index in [1.807, 2.05) is 72.7 Å². The molecular weight excluding hydrogens is 949 g/mol. The molecule has 0 saturated carbocycles. The molecule has 4 heterocycles. The molecule has 0 fully saturated rings. The lowest BCUT2D eigenvalue weighted by molar-refractivity contribution is -0.632. The number of hydrogen-bond acceptors (Lipinski definition) is 10. The van der Waals surface area contributed by atoms with E-state index in [1.54, 1.807) is 47.5 Å². The summed E-state index contributed by atoms with van der Waals surface area (Å²) < 4.78 is 31.9. The van der Waals surface area contributed by atoms with Crippen LogP contribution >= 0.6 is 0 Å². The van der Waals surface area contributed by atoms with Gasteiger partial charge in [-0.25, -0.2) is 4.98 Å². The quantitative estimate of drug-likeness (QED) is 0.0793. The minimum atomic E-state index is -2.10. The van der Waals surface area contributed by atoms with Gasteiger partial charge in [0.2, 0.25) is 17.1 Å². The summed E-state index contributed by atoms with van der Waals surface area (Å²) in [5.41, 5.74) is 11.6. The molecule has 14 heteroatoms. The number of rotatable bonds is 10. The Hall–Kier alpha value is -6.74. The van der Waals surface area contributed by atoms with Gasteiger partial charge < -0.3 is 44.1 Å². The minimum absolute atomic E-state index is 0. The molecule has 0 aliphatic carbocycles. The van der Waals surface area contributed by atoms with Crippen molar-refractivity contribution in [2.24, 2.45) is 0 Å². The average Bonchev–Trinajstić information content (AvgIpc) is 3.32. The molecule has 8 rings (SSSR count). The number of fused-ring (bicyclic) bond motifs is 4. The van der Waals surface area contributed by atoms with Crippen LogP contribution in [0.25, 0.3) is 65.9 Å². The summed E-state index contributed by atoms with van der Waals surface area (Å²) in [6.07, 6.45) is 0. The van der Waals surface area contributed by atoms with E-state index in [9.17, 15) is 20.7 Å². The van der Waals surface area contributed by atoms with Gasteiger partial charge in [-0.15, -0.1) is 0 Å². The molecule has 0 unspecified atom stereocenters. The number of ether oxygens (including phenoxy) is 4. The second kappa shape index (κ2) is 21.6. The molecule has 0 aliphatic rings. The number of methoxy groups -OCH3 is 4. The summed E-state index contributed by atoms with van der Waals surface area (Å²) >= 11 is 0. The number of hydrogen-bond donors (Lipinski definition) is 1. The van der Waals surface area contributed by atoms with Gasteiger partial charge in [-0.3, -0.25) is 0 Å². The molecule has 1 N–H and O–H groups in total. The lowest BCUT2D eigenvalue weighted by Crippen LogP contribution is -2.43. The summed E-state index contributed by atoms with van der Waals surface area (Å²) in [5.74, 6) is 2.86. The first-order valence-electron chi connectivity index (χ1n) is 24.2. The van der Waals surface area contributed by atoms with Gasteiger partial charge in [0.15, 0.2) is 8.32 Å².